The number of phenolic OH excluding ortho intramolecular Hbond substituents is 1. The zero-order chi connectivity index (χ0) is 16.9. The molecule has 0 atom stereocenters. The molecule has 0 radical (unpaired) electrons. The van der Waals surface area contributed by atoms with Crippen LogP contribution in [-0.2, 0) is 14.8 Å². The number of phenols is 1. The number of hydrogen-bond acceptors (Lipinski definition) is 4. The summed E-state index contributed by atoms with van der Waals surface area (Å²) in [6.07, 6.45) is -0.116. The summed E-state index contributed by atoms with van der Waals surface area (Å²) in [5.74, 6) is -1.06. The first-order valence-corrected chi connectivity index (χ1v) is 8.20. The predicted molar refractivity (Wildman–Crippen MR) is 82.9 cm³/mol. The molecule has 3 N–H and O–H groups in total. The van der Waals surface area contributed by atoms with Gasteiger partial charge in [-0.3, -0.25) is 4.79 Å². The Kier molecular flexibility index (Phi) is 5.30. The third-order valence-corrected chi connectivity index (χ3v) is 4.42. The Bertz CT molecular complexity index is 791. The lowest BCUT2D eigenvalue weighted by Crippen LogP contribution is -2.27. The Hall–Kier alpha value is -2.45. The minimum Gasteiger partial charge on any atom is -0.506 e. The van der Waals surface area contributed by atoms with E-state index in [1.807, 2.05) is 0 Å². The Labute approximate surface area is 133 Å². The number of rotatable bonds is 6. The maximum atomic E-state index is 12.8. The molecular weight excluding hydrogens is 323 g/mol. The number of nitrogens with one attached hydrogen (secondary N) is 2. The monoisotopic (exact) mass is 338 g/mol. The molecule has 0 spiro atoms. The highest BCUT2D eigenvalue weighted by atomic mass is 32.2. The first-order valence-electron chi connectivity index (χ1n) is 6.71. The number of sulfonamides is 1. The van der Waals surface area contributed by atoms with Gasteiger partial charge in [-0.15, -0.1) is 0 Å². The maximum Gasteiger partial charge on any atom is 0.240 e. The molecule has 0 bridgehead atoms. The van der Waals surface area contributed by atoms with Crippen molar-refractivity contribution < 1.29 is 22.7 Å². The highest BCUT2D eigenvalue weighted by Gasteiger charge is 2.14. The van der Waals surface area contributed by atoms with Gasteiger partial charge in [0.05, 0.1) is 10.6 Å². The van der Waals surface area contributed by atoms with Crippen LogP contribution in [0.25, 0.3) is 0 Å². The van der Waals surface area contributed by atoms with E-state index in [2.05, 4.69) is 10.0 Å². The Morgan fingerprint density at radius 3 is 2.39 bits per heavy atom. The molecule has 0 unspecified atom stereocenters. The van der Waals surface area contributed by atoms with Gasteiger partial charge in [0.25, 0.3) is 0 Å². The largest absolute Gasteiger partial charge is 0.506 e. The van der Waals surface area contributed by atoms with Gasteiger partial charge in [0.2, 0.25) is 15.9 Å². The first kappa shape index (κ1) is 16.9. The molecular formula is C15H15FN2O4S. The van der Waals surface area contributed by atoms with Gasteiger partial charge >= 0.3 is 0 Å². The summed E-state index contributed by atoms with van der Waals surface area (Å²) < 4.78 is 38.9. The maximum absolute atomic E-state index is 12.8. The second kappa shape index (κ2) is 7.21. The molecule has 0 heterocycles. The number of benzene rings is 2. The molecule has 0 saturated carbocycles. The van der Waals surface area contributed by atoms with Crippen molar-refractivity contribution in [2.45, 2.75) is 11.3 Å². The van der Waals surface area contributed by atoms with E-state index in [-0.39, 0.29) is 29.3 Å². The summed E-state index contributed by atoms with van der Waals surface area (Å²) in [7, 11) is -3.80. The van der Waals surface area contributed by atoms with Crippen LogP contribution in [0.3, 0.4) is 0 Å². The summed E-state index contributed by atoms with van der Waals surface area (Å²) in [4.78, 5) is 11.6. The Balaban J connectivity index is 1.88. The minimum atomic E-state index is -3.80. The molecule has 2 aromatic rings. The van der Waals surface area contributed by atoms with Gasteiger partial charge in [-0.1, -0.05) is 12.1 Å². The van der Waals surface area contributed by atoms with Gasteiger partial charge in [-0.05, 0) is 36.4 Å². The number of amides is 1. The van der Waals surface area contributed by atoms with Crippen LogP contribution in [-0.4, -0.2) is 26.0 Å². The molecule has 2 aromatic carbocycles. The quantitative estimate of drug-likeness (QED) is 0.700. The lowest BCUT2D eigenvalue weighted by molar-refractivity contribution is -0.116. The fourth-order valence-electron chi connectivity index (χ4n) is 1.79. The summed E-state index contributed by atoms with van der Waals surface area (Å²) >= 11 is 0. The molecule has 122 valence electrons. The molecule has 1 amide bonds. The molecule has 0 aliphatic rings. The molecule has 8 heteroatoms. The van der Waals surface area contributed by atoms with E-state index in [1.165, 1.54) is 12.1 Å². The van der Waals surface area contributed by atoms with Crippen molar-refractivity contribution in [2.75, 3.05) is 11.9 Å². The second-order valence-corrected chi connectivity index (χ2v) is 6.43. The van der Waals surface area contributed by atoms with E-state index in [0.29, 0.717) is 0 Å². The number of aromatic hydroxyl groups is 1. The van der Waals surface area contributed by atoms with Crippen LogP contribution in [0.15, 0.2) is 53.4 Å². The van der Waals surface area contributed by atoms with E-state index < -0.39 is 21.7 Å². The molecule has 23 heavy (non-hydrogen) atoms. The van der Waals surface area contributed by atoms with E-state index >= 15 is 0 Å². The molecule has 6 nitrogen and oxygen atoms in total. The molecule has 0 saturated heterocycles. The summed E-state index contributed by atoms with van der Waals surface area (Å²) in [5.41, 5.74) is 0.249. The second-order valence-electron chi connectivity index (χ2n) is 4.67. The highest BCUT2D eigenvalue weighted by molar-refractivity contribution is 7.89. The van der Waals surface area contributed by atoms with Crippen LogP contribution in [0.5, 0.6) is 5.75 Å². The van der Waals surface area contributed by atoms with Gasteiger partial charge < -0.3 is 10.4 Å². The molecule has 0 fully saturated rings. The van der Waals surface area contributed by atoms with Crippen molar-refractivity contribution in [2.24, 2.45) is 0 Å². The average Bonchev–Trinajstić information content (AvgIpc) is 2.50. The van der Waals surface area contributed by atoms with Crippen molar-refractivity contribution in [3.63, 3.8) is 0 Å². The highest BCUT2D eigenvalue weighted by Crippen LogP contribution is 2.21. The Morgan fingerprint density at radius 2 is 1.74 bits per heavy atom. The smallest absolute Gasteiger partial charge is 0.240 e. The third kappa shape index (κ3) is 4.76. The van der Waals surface area contributed by atoms with Gasteiger partial charge in [0, 0.05) is 13.0 Å². The van der Waals surface area contributed by atoms with Gasteiger partial charge in [0.1, 0.15) is 11.6 Å². The predicted octanol–water partition coefficient (Wildman–Crippen LogP) is 1.84. The fraction of sp³-hybridized carbons (Fsp3) is 0.133. The zero-order valence-electron chi connectivity index (χ0n) is 12.0. The SMILES string of the molecule is O=C(CCNS(=O)(=O)c1ccc(F)cc1)Nc1ccccc1O. The van der Waals surface area contributed by atoms with Crippen LogP contribution in [0.2, 0.25) is 0 Å². The lowest BCUT2D eigenvalue weighted by atomic mass is 10.3. The number of carbonyl (C=O) groups is 1. The summed E-state index contributed by atoms with van der Waals surface area (Å²) in [5, 5.41) is 12.0. The number of anilines is 1. The minimum absolute atomic E-state index is 0.0762. The van der Waals surface area contributed by atoms with E-state index in [0.717, 1.165) is 24.3 Å². The van der Waals surface area contributed by atoms with Crippen LogP contribution in [0.1, 0.15) is 6.42 Å². The average molecular weight is 338 g/mol. The van der Waals surface area contributed by atoms with Gasteiger partial charge in [-0.2, -0.15) is 0 Å². The molecule has 0 aromatic heterocycles. The van der Waals surface area contributed by atoms with Crippen LogP contribution in [0.4, 0.5) is 10.1 Å². The normalized spacial score (nSPS) is 11.2. The lowest BCUT2D eigenvalue weighted by Gasteiger charge is -2.08. The fourth-order valence-corrected chi connectivity index (χ4v) is 2.82. The molecule has 0 aliphatic carbocycles. The van der Waals surface area contributed by atoms with Crippen LogP contribution in [0, 0.1) is 5.82 Å². The van der Waals surface area contributed by atoms with Crippen LogP contribution < -0.4 is 10.0 Å². The molecule has 0 aliphatic heterocycles. The number of hydrogen-bond donors (Lipinski definition) is 3. The summed E-state index contributed by atoms with van der Waals surface area (Å²) in [6, 6.07) is 10.6. The van der Waals surface area contributed by atoms with E-state index in [9.17, 15) is 22.7 Å². The Morgan fingerprint density at radius 1 is 1.09 bits per heavy atom. The standard InChI is InChI=1S/C15H15FN2O4S/c16-11-5-7-12(8-6-11)23(21,22)17-10-9-15(20)18-13-3-1-2-4-14(13)19/h1-8,17,19H,9-10H2,(H,18,20). The van der Waals surface area contributed by atoms with Gasteiger partial charge in [0.15, 0.2) is 0 Å². The number of para-hydroxylation sites is 2. The summed E-state index contributed by atoms with van der Waals surface area (Å²) in [6.45, 7) is -0.126. The molecule has 2 rings (SSSR count). The van der Waals surface area contributed by atoms with E-state index in [4.69, 9.17) is 0 Å². The van der Waals surface area contributed by atoms with Crippen LogP contribution >= 0.6 is 0 Å². The van der Waals surface area contributed by atoms with Crippen molar-refractivity contribution in [3.05, 3.63) is 54.3 Å². The van der Waals surface area contributed by atoms with Crippen molar-refractivity contribution in [1.82, 2.24) is 4.72 Å². The van der Waals surface area contributed by atoms with Crippen molar-refractivity contribution >= 4 is 21.6 Å². The zero-order valence-corrected chi connectivity index (χ0v) is 12.8. The topological polar surface area (TPSA) is 95.5 Å². The first-order chi connectivity index (χ1) is 10.9. The van der Waals surface area contributed by atoms with Crippen molar-refractivity contribution in [3.8, 4) is 5.75 Å². The number of halogens is 1. The van der Waals surface area contributed by atoms with Gasteiger partial charge in [-0.25, -0.2) is 17.5 Å². The van der Waals surface area contributed by atoms with E-state index in [1.54, 1.807) is 12.1 Å². The van der Waals surface area contributed by atoms with Crippen molar-refractivity contribution in [1.29, 1.82) is 0 Å². The number of carbonyl (C=O) groups excluding carboxylic acids is 1. The third-order valence-electron chi connectivity index (χ3n) is 2.95.